The lowest BCUT2D eigenvalue weighted by Crippen LogP contribution is -2.24. The average Bonchev–Trinajstić information content (AvgIpc) is 3.65. The molecule has 3 aromatic carbocycles. The zero-order chi connectivity index (χ0) is 29.5. The van der Waals surface area contributed by atoms with Gasteiger partial charge in [-0.1, -0.05) is 91.7 Å². The van der Waals surface area contributed by atoms with Crippen molar-refractivity contribution in [3.05, 3.63) is 107 Å². The number of aromatic amines is 1. The van der Waals surface area contributed by atoms with Crippen molar-refractivity contribution in [2.75, 3.05) is 0 Å². The summed E-state index contributed by atoms with van der Waals surface area (Å²) in [5, 5.41) is 14.4. The van der Waals surface area contributed by atoms with Crippen molar-refractivity contribution >= 4 is 23.5 Å². The fourth-order valence-electron chi connectivity index (χ4n) is 4.56. The number of nitrogens with zero attached hydrogens (tertiary/aromatic N) is 5. The summed E-state index contributed by atoms with van der Waals surface area (Å²) in [7, 11) is 0. The smallest absolute Gasteiger partial charge is 0.361 e. The topological polar surface area (TPSA) is 125 Å². The quantitative estimate of drug-likeness (QED) is 0.145. The molecule has 0 fully saturated rings. The number of aromatic nitrogens is 6. The first kappa shape index (κ1) is 28.7. The zero-order valence-corrected chi connectivity index (χ0v) is 23.9. The third-order valence-electron chi connectivity index (χ3n) is 6.63. The van der Waals surface area contributed by atoms with Gasteiger partial charge in [-0.05, 0) is 40.5 Å². The van der Waals surface area contributed by atoms with E-state index in [9.17, 15) is 9.59 Å². The predicted octanol–water partition coefficient (Wildman–Crippen LogP) is 6.13. The van der Waals surface area contributed by atoms with Gasteiger partial charge in [0.05, 0.1) is 5.56 Å². The first-order valence-corrected chi connectivity index (χ1v) is 14.0. The summed E-state index contributed by atoms with van der Waals surface area (Å²) in [6.07, 6.45) is 1.32. The third-order valence-corrected chi connectivity index (χ3v) is 6.89. The Kier molecular flexibility index (Phi) is 9.03. The van der Waals surface area contributed by atoms with Crippen LogP contribution in [0.25, 0.3) is 22.5 Å². The monoisotopic (exact) mass is 584 g/mol. The minimum Gasteiger partial charge on any atom is -0.422 e. The molecule has 1 unspecified atom stereocenters. The number of hydrogen-bond donors (Lipinski definition) is 1. The molecule has 11 heteroatoms. The van der Waals surface area contributed by atoms with Gasteiger partial charge in [-0.25, -0.2) is 14.6 Å². The van der Waals surface area contributed by atoms with Crippen molar-refractivity contribution in [1.29, 1.82) is 0 Å². The number of halogens is 1. The number of tetrazole rings is 1. The van der Waals surface area contributed by atoms with Crippen LogP contribution >= 0.6 is 11.6 Å². The van der Waals surface area contributed by atoms with E-state index in [0.29, 0.717) is 30.2 Å². The van der Waals surface area contributed by atoms with E-state index >= 15 is 0 Å². The van der Waals surface area contributed by atoms with Crippen molar-refractivity contribution < 1.29 is 19.1 Å². The van der Waals surface area contributed by atoms with E-state index < -0.39 is 18.2 Å². The maximum Gasteiger partial charge on any atom is 0.361 e. The van der Waals surface area contributed by atoms with Crippen LogP contribution in [0.3, 0.4) is 0 Å². The summed E-state index contributed by atoms with van der Waals surface area (Å²) >= 11 is 6.49. The molecule has 0 radical (unpaired) electrons. The van der Waals surface area contributed by atoms with Gasteiger partial charge in [0.1, 0.15) is 5.82 Å². The van der Waals surface area contributed by atoms with E-state index in [1.165, 1.54) is 6.92 Å². The number of carbonyl (C=O) groups is 2. The molecule has 5 rings (SSSR count). The summed E-state index contributed by atoms with van der Waals surface area (Å²) in [5.41, 5.74) is 4.19. The lowest BCUT2D eigenvalue weighted by atomic mass is 9.98. The molecule has 0 aliphatic carbocycles. The first-order chi connectivity index (χ1) is 20.4. The minimum atomic E-state index is -1.14. The molecule has 42 heavy (non-hydrogen) atoms. The van der Waals surface area contributed by atoms with Crippen LogP contribution in [0.4, 0.5) is 0 Å². The molecule has 0 saturated heterocycles. The molecule has 214 valence electrons. The van der Waals surface area contributed by atoms with Gasteiger partial charge in [-0.15, -0.1) is 10.2 Å². The molecule has 0 bridgehead atoms. The molecule has 0 aliphatic rings. The maximum atomic E-state index is 13.3. The van der Waals surface area contributed by atoms with Gasteiger partial charge in [0.2, 0.25) is 12.1 Å². The number of aryl methyl sites for hydroxylation is 1. The van der Waals surface area contributed by atoms with E-state index in [-0.39, 0.29) is 10.8 Å². The van der Waals surface area contributed by atoms with E-state index in [2.05, 4.69) is 32.5 Å². The Bertz CT molecular complexity index is 1650. The molecule has 2 aromatic heterocycles. The molecule has 1 atom stereocenters. The number of esters is 2. The SMILES string of the molecule is CCCCc1nc(Cl)c(C(=O)OC(C)OC(=O)c2ccccc2)n1Cc1ccc(-c2ccccc2-c2nn[nH]n2)cc1. The lowest BCUT2D eigenvalue weighted by Gasteiger charge is -2.16. The number of H-pyrrole nitrogens is 1. The standard InChI is InChI=1S/C31H29ClN6O4/c1-3-4-14-26-33-28(32)27(31(40)42-20(2)41-30(39)23-10-6-5-7-11-23)38(26)19-21-15-17-22(18-16-21)24-12-8-9-13-25(24)29-34-36-37-35-29/h5-13,15-18,20H,3-4,14,19H2,1-2H3,(H,34,35,36,37). The van der Waals surface area contributed by atoms with E-state index in [4.69, 9.17) is 21.1 Å². The van der Waals surface area contributed by atoms with Gasteiger partial charge in [0.15, 0.2) is 10.8 Å². The van der Waals surface area contributed by atoms with E-state index in [1.807, 2.05) is 48.5 Å². The van der Waals surface area contributed by atoms with Gasteiger partial charge in [-0.2, -0.15) is 5.21 Å². The van der Waals surface area contributed by atoms with Crippen LogP contribution in [-0.2, 0) is 22.4 Å². The van der Waals surface area contributed by atoms with Crippen LogP contribution in [0.2, 0.25) is 5.15 Å². The highest BCUT2D eigenvalue weighted by molar-refractivity contribution is 6.32. The summed E-state index contributed by atoms with van der Waals surface area (Å²) < 4.78 is 12.6. The van der Waals surface area contributed by atoms with Crippen molar-refractivity contribution in [1.82, 2.24) is 30.2 Å². The van der Waals surface area contributed by atoms with Crippen molar-refractivity contribution in [3.8, 4) is 22.5 Å². The van der Waals surface area contributed by atoms with Crippen LogP contribution in [0, 0.1) is 0 Å². The van der Waals surface area contributed by atoms with Crippen LogP contribution in [-0.4, -0.2) is 48.4 Å². The maximum absolute atomic E-state index is 13.3. The summed E-state index contributed by atoms with van der Waals surface area (Å²) in [5.74, 6) is -0.140. The lowest BCUT2D eigenvalue weighted by molar-refractivity contribution is -0.0697. The second-order valence-electron chi connectivity index (χ2n) is 9.58. The van der Waals surface area contributed by atoms with Crippen LogP contribution < -0.4 is 0 Å². The molecule has 0 amide bonds. The zero-order valence-electron chi connectivity index (χ0n) is 23.2. The Balaban J connectivity index is 1.37. The molecule has 1 N–H and O–H groups in total. The highest BCUT2D eigenvalue weighted by atomic mass is 35.5. The number of nitrogens with one attached hydrogen (secondary N) is 1. The molecular formula is C31H29ClN6O4. The second-order valence-corrected chi connectivity index (χ2v) is 9.94. The van der Waals surface area contributed by atoms with Crippen LogP contribution in [0.5, 0.6) is 0 Å². The predicted molar refractivity (Wildman–Crippen MR) is 157 cm³/mol. The number of ether oxygens (including phenoxy) is 2. The molecule has 0 saturated carbocycles. The first-order valence-electron chi connectivity index (χ1n) is 13.6. The highest BCUT2D eigenvalue weighted by Crippen LogP contribution is 2.30. The minimum absolute atomic E-state index is 0.0401. The number of hydrogen-bond acceptors (Lipinski definition) is 8. The fraction of sp³-hybridized carbons (Fsp3) is 0.226. The Morgan fingerprint density at radius 1 is 0.929 bits per heavy atom. The summed E-state index contributed by atoms with van der Waals surface area (Å²) in [6, 6.07) is 24.3. The molecule has 5 aromatic rings. The van der Waals surface area contributed by atoms with Gasteiger partial charge < -0.3 is 14.0 Å². The van der Waals surface area contributed by atoms with Gasteiger partial charge in [0, 0.05) is 25.5 Å². The van der Waals surface area contributed by atoms with Crippen molar-refractivity contribution in [3.63, 3.8) is 0 Å². The molecule has 2 heterocycles. The van der Waals surface area contributed by atoms with E-state index in [0.717, 1.165) is 35.1 Å². The van der Waals surface area contributed by atoms with Gasteiger partial charge in [-0.3, -0.25) is 0 Å². The van der Waals surface area contributed by atoms with E-state index in [1.54, 1.807) is 34.9 Å². The summed E-state index contributed by atoms with van der Waals surface area (Å²) in [6.45, 7) is 3.91. The molecule has 0 spiro atoms. The van der Waals surface area contributed by atoms with Crippen molar-refractivity contribution in [2.24, 2.45) is 0 Å². The van der Waals surface area contributed by atoms with Crippen LogP contribution in [0.1, 0.15) is 58.9 Å². The highest BCUT2D eigenvalue weighted by Gasteiger charge is 2.26. The molecule has 10 nitrogen and oxygen atoms in total. The summed E-state index contributed by atoms with van der Waals surface area (Å²) in [4.78, 5) is 30.2. The fourth-order valence-corrected chi connectivity index (χ4v) is 4.84. The number of carbonyl (C=O) groups excluding carboxylic acids is 2. The Morgan fingerprint density at radius 3 is 2.31 bits per heavy atom. The molecular weight excluding hydrogens is 556 g/mol. The number of rotatable bonds is 11. The molecule has 0 aliphatic heterocycles. The second kappa shape index (κ2) is 13.2. The Labute approximate surface area is 247 Å². The number of unbranched alkanes of at least 4 members (excludes halogenated alkanes) is 1. The van der Waals surface area contributed by atoms with Crippen LogP contribution in [0.15, 0.2) is 78.9 Å². The third kappa shape index (κ3) is 6.55. The Morgan fingerprint density at radius 2 is 1.62 bits per heavy atom. The average molecular weight is 585 g/mol. The Hall–Kier alpha value is -4.83. The van der Waals surface area contributed by atoms with Gasteiger partial charge in [0.25, 0.3) is 0 Å². The van der Waals surface area contributed by atoms with Gasteiger partial charge >= 0.3 is 11.9 Å². The van der Waals surface area contributed by atoms with Crippen molar-refractivity contribution in [2.45, 2.75) is 45.9 Å². The number of benzene rings is 3. The number of imidazole rings is 1. The normalized spacial score (nSPS) is 11.7. The largest absolute Gasteiger partial charge is 0.422 e.